The van der Waals surface area contributed by atoms with E-state index in [0.29, 0.717) is 30.2 Å². The van der Waals surface area contributed by atoms with Crippen molar-refractivity contribution < 1.29 is 19.1 Å². The summed E-state index contributed by atoms with van der Waals surface area (Å²) < 4.78 is 10.1. The Balaban J connectivity index is 2.05. The molecule has 0 fully saturated rings. The van der Waals surface area contributed by atoms with Crippen LogP contribution in [0.25, 0.3) is 11.0 Å². The molecule has 0 amide bonds. The predicted molar refractivity (Wildman–Crippen MR) is 62.8 cm³/mol. The second kappa shape index (κ2) is 4.91. The van der Waals surface area contributed by atoms with Crippen LogP contribution in [0.15, 0.2) is 28.7 Å². The van der Waals surface area contributed by atoms with Gasteiger partial charge in [-0.25, -0.2) is 0 Å². The number of carbonyl (C=O) groups is 1. The minimum atomic E-state index is -0.219. The molecule has 0 aliphatic heterocycles. The topological polar surface area (TPSA) is 59.7 Å². The average molecular weight is 234 g/mol. The maximum atomic E-state index is 10.9. The average Bonchev–Trinajstić information content (AvgIpc) is 2.73. The van der Waals surface area contributed by atoms with E-state index < -0.39 is 0 Å². The Morgan fingerprint density at radius 3 is 3.00 bits per heavy atom. The molecule has 4 nitrogen and oxygen atoms in total. The maximum absolute atomic E-state index is 10.9. The normalized spacial score (nSPS) is 10.6. The third-order valence-electron chi connectivity index (χ3n) is 2.62. The number of fused-ring (bicyclic) bond motifs is 1. The lowest BCUT2D eigenvalue weighted by Crippen LogP contribution is -2.00. The highest BCUT2D eigenvalue weighted by atomic mass is 16.5. The van der Waals surface area contributed by atoms with Crippen molar-refractivity contribution in [3.05, 3.63) is 30.0 Å². The van der Waals surface area contributed by atoms with Crippen LogP contribution in [-0.4, -0.2) is 18.2 Å². The van der Waals surface area contributed by atoms with Gasteiger partial charge in [-0.2, -0.15) is 0 Å². The number of hydrogen-bond donors (Lipinski definition) is 1. The Labute approximate surface area is 98.8 Å². The number of phenolic OH excluding ortho intramolecular Hbond substituents is 1. The first kappa shape index (κ1) is 11.5. The third kappa shape index (κ3) is 2.58. The van der Waals surface area contributed by atoms with Gasteiger partial charge in [-0.15, -0.1) is 0 Å². The van der Waals surface area contributed by atoms with Crippen molar-refractivity contribution in [3.8, 4) is 5.75 Å². The number of aromatic hydroxyl groups is 1. The molecule has 2 rings (SSSR count). The summed E-state index contributed by atoms with van der Waals surface area (Å²) in [5.74, 6) is 0.764. The smallest absolute Gasteiger partial charge is 0.305 e. The van der Waals surface area contributed by atoms with Crippen LogP contribution in [0.2, 0.25) is 0 Å². The fraction of sp³-hybridized carbons (Fsp3) is 0.308. The van der Waals surface area contributed by atoms with Gasteiger partial charge in [0.15, 0.2) is 0 Å². The van der Waals surface area contributed by atoms with Crippen molar-refractivity contribution in [2.75, 3.05) is 7.11 Å². The van der Waals surface area contributed by atoms with Crippen molar-refractivity contribution in [2.24, 2.45) is 0 Å². The number of carbonyl (C=O) groups excluding carboxylic acids is 1. The SMILES string of the molecule is COC(=O)CCCc1cc2c(O)cccc2o1. The summed E-state index contributed by atoms with van der Waals surface area (Å²) in [5, 5.41) is 10.3. The van der Waals surface area contributed by atoms with Gasteiger partial charge < -0.3 is 14.3 Å². The molecular weight excluding hydrogens is 220 g/mol. The van der Waals surface area contributed by atoms with Gasteiger partial charge in [0.2, 0.25) is 0 Å². The number of rotatable bonds is 4. The first-order valence-electron chi connectivity index (χ1n) is 5.48. The van der Waals surface area contributed by atoms with Crippen molar-refractivity contribution in [1.82, 2.24) is 0 Å². The molecule has 0 aliphatic carbocycles. The van der Waals surface area contributed by atoms with Crippen LogP contribution in [-0.2, 0) is 16.0 Å². The fourth-order valence-electron chi connectivity index (χ4n) is 1.73. The summed E-state index contributed by atoms with van der Waals surface area (Å²) in [6.45, 7) is 0. The van der Waals surface area contributed by atoms with Gasteiger partial charge in [-0.3, -0.25) is 4.79 Å². The minimum absolute atomic E-state index is 0.213. The van der Waals surface area contributed by atoms with Gasteiger partial charge in [0, 0.05) is 12.8 Å². The Bertz CT molecular complexity index is 527. The van der Waals surface area contributed by atoms with E-state index in [0.717, 1.165) is 5.76 Å². The Morgan fingerprint density at radius 2 is 2.29 bits per heavy atom. The van der Waals surface area contributed by atoms with Crippen molar-refractivity contribution in [2.45, 2.75) is 19.3 Å². The molecule has 0 bridgehead atoms. The monoisotopic (exact) mass is 234 g/mol. The number of esters is 1. The third-order valence-corrected chi connectivity index (χ3v) is 2.62. The zero-order chi connectivity index (χ0) is 12.3. The van der Waals surface area contributed by atoms with E-state index in [1.165, 1.54) is 7.11 Å². The first-order chi connectivity index (χ1) is 8.20. The number of furan rings is 1. The van der Waals surface area contributed by atoms with Crippen LogP contribution in [0.1, 0.15) is 18.6 Å². The molecular formula is C13H14O4. The molecule has 0 aliphatic rings. The number of benzene rings is 1. The van der Waals surface area contributed by atoms with Gasteiger partial charge in [-0.1, -0.05) is 6.07 Å². The highest BCUT2D eigenvalue weighted by molar-refractivity contribution is 5.84. The van der Waals surface area contributed by atoms with Crippen LogP contribution in [0.4, 0.5) is 0 Å². The molecule has 0 saturated carbocycles. The highest BCUT2D eigenvalue weighted by Crippen LogP contribution is 2.28. The summed E-state index contributed by atoms with van der Waals surface area (Å²) in [5.41, 5.74) is 0.665. The number of methoxy groups -OCH3 is 1. The van der Waals surface area contributed by atoms with E-state index in [-0.39, 0.29) is 11.7 Å². The second-order valence-corrected chi connectivity index (χ2v) is 3.83. The second-order valence-electron chi connectivity index (χ2n) is 3.83. The summed E-state index contributed by atoms with van der Waals surface area (Å²) >= 11 is 0. The summed E-state index contributed by atoms with van der Waals surface area (Å²) in [4.78, 5) is 10.9. The fourth-order valence-corrected chi connectivity index (χ4v) is 1.73. The standard InChI is InChI=1S/C13H14O4/c1-16-13(15)7-2-4-9-8-10-11(14)5-3-6-12(10)17-9/h3,5-6,8,14H,2,4,7H2,1H3. The predicted octanol–water partition coefficient (Wildman–Crippen LogP) is 2.63. The summed E-state index contributed by atoms with van der Waals surface area (Å²) in [7, 11) is 1.38. The van der Waals surface area contributed by atoms with Gasteiger partial charge in [-0.05, 0) is 24.6 Å². The minimum Gasteiger partial charge on any atom is -0.507 e. The lowest BCUT2D eigenvalue weighted by Gasteiger charge is -1.96. The van der Waals surface area contributed by atoms with Gasteiger partial charge in [0.1, 0.15) is 17.1 Å². The Kier molecular flexibility index (Phi) is 3.32. The largest absolute Gasteiger partial charge is 0.507 e. The lowest BCUT2D eigenvalue weighted by atomic mass is 10.2. The molecule has 90 valence electrons. The van der Waals surface area contributed by atoms with E-state index in [9.17, 15) is 9.90 Å². The Hall–Kier alpha value is -1.97. The molecule has 1 aromatic heterocycles. The molecule has 1 heterocycles. The highest BCUT2D eigenvalue weighted by Gasteiger charge is 2.08. The van der Waals surface area contributed by atoms with Crippen LogP contribution in [0.5, 0.6) is 5.75 Å². The van der Waals surface area contributed by atoms with E-state index in [2.05, 4.69) is 4.74 Å². The number of aryl methyl sites for hydroxylation is 1. The Morgan fingerprint density at radius 1 is 1.47 bits per heavy atom. The van der Waals surface area contributed by atoms with Gasteiger partial charge >= 0.3 is 5.97 Å². The van der Waals surface area contributed by atoms with Gasteiger partial charge in [0.25, 0.3) is 0 Å². The van der Waals surface area contributed by atoms with Crippen LogP contribution < -0.4 is 0 Å². The summed E-state index contributed by atoms with van der Waals surface area (Å²) in [6, 6.07) is 6.97. The first-order valence-corrected chi connectivity index (χ1v) is 5.48. The van der Waals surface area contributed by atoms with Crippen molar-refractivity contribution in [1.29, 1.82) is 0 Å². The maximum Gasteiger partial charge on any atom is 0.305 e. The molecule has 1 N–H and O–H groups in total. The molecule has 0 atom stereocenters. The molecule has 0 unspecified atom stereocenters. The van der Waals surface area contributed by atoms with E-state index in [1.807, 2.05) is 6.07 Å². The quantitative estimate of drug-likeness (QED) is 0.826. The van der Waals surface area contributed by atoms with E-state index in [4.69, 9.17) is 4.42 Å². The lowest BCUT2D eigenvalue weighted by molar-refractivity contribution is -0.140. The molecule has 1 aromatic carbocycles. The molecule has 0 saturated heterocycles. The van der Waals surface area contributed by atoms with Crippen LogP contribution >= 0.6 is 0 Å². The van der Waals surface area contributed by atoms with Crippen LogP contribution in [0.3, 0.4) is 0 Å². The van der Waals surface area contributed by atoms with Gasteiger partial charge in [0.05, 0.1) is 12.5 Å². The molecule has 0 radical (unpaired) electrons. The zero-order valence-electron chi connectivity index (χ0n) is 9.60. The van der Waals surface area contributed by atoms with Crippen LogP contribution in [0, 0.1) is 0 Å². The molecule has 0 spiro atoms. The molecule has 2 aromatic rings. The number of phenols is 1. The molecule has 4 heteroatoms. The molecule has 17 heavy (non-hydrogen) atoms. The number of hydrogen-bond acceptors (Lipinski definition) is 4. The number of ether oxygens (including phenoxy) is 1. The van der Waals surface area contributed by atoms with Crippen molar-refractivity contribution >= 4 is 16.9 Å². The van der Waals surface area contributed by atoms with E-state index in [1.54, 1.807) is 18.2 Å². The zero-order valence-corrected chi connectivity index (χ0v) is 9.60. The summed E-state index contributed by atoms with van der Waals surface area (Å²) in [6.07, 6.45) is 1.70. The van der Waals surface area contributed by atoms with E-state index >= 15 is 0 Å². The van der Waals surface area contributed by atoms with Crippen molar-refractivity contribution in [3.63, 3.8) is 0 Å².